The van der Waals surface area contributed by atoms with E-state index in [2.05, 4.69) is 31.1 Å². The quantitative estimate of drug-likeness (QED) is 0.266. The van der Waals surface area contributed by atoms with Crippen LogP contribution in [-0.4, -0.2) is 38.9 Å². The molecule has 11 heteroatoms. The molecule has 1 aliphatic carbocycles. The first-order valence-corrected chi connectivity index (χ1v) is 12.9. The van der Waals surface area contributed by atoms with Crippen LogP contribution in [0.4, 0.5) is 15.2 Å². The molecule has 0 bridgehead atoms. The maximum absolute atomic E-state index is 15.0. The zero-order valence-corrected chi connectivity index (χ0v) is 21.8. The van der Waals surface area contributed by atoms with Crippen molar-refractivity contribution in [3.05, 3.63) is 81.4 Å². The Labute approximate surface area is 221 Å². The standard InChI is InChI=1S/C27H25FN6O3S/c1-13-20(11-17(12-22(13)28)25(36)30-18-5-6-18)19-7-4-16(24(35)31-23-14(2)33-34-15(23)3)10-21(19)26(37)32-27-29-8-9-38-27/h4,7-12,18H,5-6H2,1-3H3,(H,30,36)(H,31,35)(H,33,34)(H,29,32,37). The molecule has 0 aliphatic heterocycles. The smallest absolute Gasteiger partial charge is 0.258 e. The predicted molar refractivity (Wildman–Crippen MR) is 143 cm³/mol. The molecule has 0 saturated heterocycles. The Morgan fingerprint density at radius 3 is 2.42 bits per heavy atom. The largest absolute Gasteiger partial charge is 0.349 e. The van der Waals surface area contributed by atoms with Crippen molar-refractivity contribution < 1.29 is 18.8 Å². The van der Waals surface area contributed by atoms with Crippen LogP contribution in [0.5, 0.6) is 0 Å². The highest BCUT2D eigenvalue weighted by molar-refractivity contribution is 7.13. The van der Waals surface area contributed by atoms with E-state index in [1.165, 1.54) is 23.5 Å². The number of carbonyl (C=O) groups excluding carboxylic acids is 3. The van der Waals surface area contributed by atoms with E-state index in [4.69, 9.17) is 0 Å². The van der Waals surface area contributed by atoms with Crippen molar-refractivity contribution in [2.75, 3.05) is 10.6 Å². The highest BCUT2D eigenvalue weighted by Crippen LogP contribution is 2.32. The van der Waals surface area contributed by atoms with Gasteiger partial charge in [-0.3, -0.25) is 24.8 Å². The number of thiazole rings is 1. The molecule has 38 heavy (non-hydrogen) atoms. The third-order valence-corrected chi connectivity index (χ3v) is 7.04. The van der Waals surface area contributed by atoms with Crippen LogP contribution in [0.3, 0.4) is 0 Å². The Kier molecular flexibility index (Phi) is 6.77. The summed E-state index contributed by atoms with van der Waals surface area (Å²) >= 11 is 1.24. The number of benzene rings is 2. The lowest BCUT2D eigenvalue weighted by molar-refractivity contribution is 0.0949. The van der Waals surface area contributed by atoms with Gasteiger partial charge in [-0.05, 0) is 74.6 Å². The van der Waals surface area contributed by atoms with Gasteiger partial charge in [0.05, 0.1) is 17.1 Å². The Balaban J connectivity index is 1.57. The van der Waals surface area contributed by atoms with E-state index in [0.717, 1.165) is 12.8 Å². The van der Waals surface area contributed by atoms with Gasteiger partial charge < -0.3 is 10.6 Å². The summed E-state index contributed by atoms with van der Waals surface area (Å²) < 4.78 is 15.0. The number of nitrogens with zero attached hydrogens (tertiary/aromatic N) is 2. The predicted octanol–water partition coefficient (Wildman–Crippen LogP) is 4.99. The number of aromatic amines is 1. The summed E-state index contributed by atoms with van der Waals surface area (Å²) in [6.07, 6.45) is 3.35. The van der Waals surface area contributed by atoms with E-state index in [0.29, 0.717) is 33.3 Å². The number of halogens is 1. The van der Waals surface area contributed by atoms with Gasteiger partial charge in [0.15, 0.2) is 5.13 Å². The zero-order valence-electron chi connectivity index (χ0n) is 20.9. The SMILES string of the molecule is Cc1n[nH]c(C)c1NC(=O)c1ccc(-c2cc(C(=O)NC3CC3)cc(F)c2C)c(C(=O)Nc2nccs2)c1. The van der Waals surface area contributed by atoms with Gasteiger partial charge in [-0.15, -0.1) is 11.3 Å². The van der Waals surface area contributed by atoms with Gasteiger partial charge in [0.2, 0.25) is 0 Å². The van der Waals surface area contributed by atoms with Crippen LogP contribution in [0, 0.1) is 26.6 Å². The highest BCUT2D eigenvalue weighted by Gasteiger charge is 2.26. The second kappa shape index (κ2) is 10.2. The summed E-state index contributed by atoms with van der Waals surface area (Å²) in [6.45, 7) is 5.13. The number of anilines is 2. The molecule has 1 saturated carbocycles. The van der Waals surface area contributed by atoms with Crippen molar-refractivity contribution in [1.82, 2.24) is 20.5 Å². The molecule has 9 nitrogen and oxygen atoms in total. The Morgan fingerprint density at radius 1 is 0.974 bits per heavy atom. The van der Waals surface area contributed by atoms with Gasteiger partial charge in [-0.25, -0.2) is 9.37 Å². The van der Waals surface area contributed by atoms with Crippen molar-refractivity contribution in [1.29, 1.82) is 0 Å². The van der Waals surface area contributed by atoms with Crippen LogP contribution >= 0.6 is 11.3 Å². The maximum Gasteiger partial charge on any atom is 0.258 e. The normalized spacial score (nSPS) is 12.7. The number of aromatic nitrogens is 3. The van der Waals surface area contributed by atoms with E-state index in [-0.39, 0.29) is 34.2 Å². The number of hydrogen-bond acceptors (Lipinski definition) is 6. The molecule has 0 atom stereocenters. The molecule has 0 unspecified atom stereocenters. The Bertz CT molecular complexity index is 1540. The van der Waals surface area contributed by atoms with Crippen LogP contribution in [0.25, 0.3) is 11.1 Å². The third-order valence-electron chi connectivity index (χ3n) is 6.36. The lowest BCUT2D eigenvalue weighted by Crippen LogP contribution is -2.25. The van der Waals surface area contributed by atoms with E-state index in [9.17, 15) is 14.4 Å². The van der Waals surface area contributed by atoms with Crippen molar-refractivity contribution in [3.63, 3.8) is 0 Å². The summed E-state index contributed by atoms with van der Waals surface area (Å²) in [6, 6.07) is 7.48. The molecular weight excluding hydrogens is 507 g/mol. The summed E-state index contributed by atoms with van der Waals surface area (Å²) in [5.74, 6) is -1.90. The number of aryl methyl sites for hydroxylation is 2. The van der Waals surface area contributed by atoms with Crippen LogP contribution in [0.15, 0.2) is 41.9 Å². The van der Waals surface area contributed by atoms with E-state index in [1.807, 2.05) is 0 Å². The molecule has 3 amide bonds. The molecular formula is C27H25FN6O3S. The first kappa shape index (κ1) is 25.3. The Hall–Kier alpha value is -4.38. The monoisotopic (exact) mass is 532 g/mol. The second-order valence-electron chi connectivity index (χ2n) is 9.19. The molecule has 194 valence electrons. The van der Waals surface area contributed by atoms with Crippen LogP contribution in [-0.2, 0) is 0 Å². The summed E-state index contributed by atoms with van der Waals surface area (Å²) in [5.41, 5.74) is 3.43. The summed E-state index contributed by atoms with van der Waals surface area (Å²) in [5, 5.41) is 17.4. The number of H-pyrrole nitrogens is 1. The molecule has 1 aliphatic rings. The van der Waals surface area contributed by atoms with Gasteiger partial charge in [0.1, 0.15) is 5.82 Å². The molecule has 2 aromatic heterocycles. The van der Waals surface area contributed by atoms with Crippen molar-refractivity contribution in [3.8, 4) is 11.1 Å². The minimum absolute atomic E-state index is 0.107. The lowest BCUT2D eigenvalue weighted by atomic mass is 9.92. The van der Waals surface area contributed by atoms with Gasteiger partial charge in [-0.1, -0.05) is 6.07 Å². The van der Waals surface area contributed by atoms with E-state index >= 15 is 4.39 Å². The molecule has 2 heterocycles. The fourth-order valence-electron chi connectivity index (χ4n) is 4.06. The van der Waals surface area contributed by atoms with Crippen molar-refractivity contribution >= 4 is 39.9 Å². The number of rotatable bonds is 7. The van der Waals surface area contributed by atoms with Crippen LogP contribution < -0.4 is 16.0 Å². The average Bonchev–Trinajstić information content (AvgIpc) is 3.46. The minimum Gasteiger partial charge on any atom is -0.349 e. The lowest BCUT2D eigenvalue weighted by Gasteiger charge is -2.16. The maximum atomic E-state index is 15.0. The minimum atomic E-state index is -0.567. The first-order valence-electron chi connectivity index (χ1n) is 12.0. The molecule has 5 rings (SSSR count). The van der Waals surface area contributed by atoms with Crippen molar-refractivity contribution in [2.24, 2.45) is 0 Å². The summed E-state index contributed by atoms with van der Waals surface area (Å²) in [4.78, 5) is 43.3. The number of hydrogen-bond donors (Lipinski definition) is 4. The van der Waals surface area contributed by atoms with Gasteiger partial charge in [-0.2, -0.15) is 5.10 Å². The summed E-state index contributed by atoms with van der Waals surface area (Å²) in [7, 11) is 0. The zero-order chi connectivity index (χ0) is 27.0. The second-order valence-corrected chi connectivity index (χ2v) is 10.1. The van der Waals surface area contributed by atoms with Gasteiger partial charge in [0.25, 0.3) is 17.7 Å². The van der Waals surface area contributed by atoms with Gasteiger partial charge >= 0.3 is 0 Å². The van der Waals surface area contributed by atoms with E-state index in [1.54, 1.807) is 50.5 Å². The van der Waals surface area contributed by atoms with E-state index < -0.39 is 17.6 Å². The molecule has 0 radical (unpaired) electrons. The third kappa shape index (κ3) is 5.18. The molecule has 4 aromatic rings. The number of amides is 3. The number of nitrogens with one attached hydrogen (secondary N) is 4. The van der Waals surface area contributed by atoms with Gasteiger partial charge in [0, 0.05) is 34.3 Å². The molecule has 2 aromatic carbocycles. The van der Waals surface area contributed by atoms with Crippen LogP contribution in [0.2, 0.25) is 0 Å². The molecule has 1 fully saturated rings. The fourth-order valence-corrected chi connectivity index (χ4v) is 4.59. The number of carbonyl (C=O) groups is 3. The Morgan fingerprint density at radius 2 is 1.76 bits per heavy atom. The molecule has 4 N–H and O–H groups in total. The van der Waals surface area contributed by atoms with Crippen molar-refractivity contribution in [2.45, 2.75) is 39.7 Å². The van der Waals surface area contributed by atoms with Crippen LogP contribution in [0.1, 0.15) is 60.9 Å². The first-order chi connectivity index (χ1) is 18.2. The topological polar surface area (TPSA) is 129 Å². The fraction of sp³-hybridized carbons (Fsp3) is 0.222. The molecule has 0 spiro atoms. The highest BCUT2D eigenvalue weighted by atomic mass is 32.1. The average molecular weight is 533 g/mol.